The van der Waals surface area contributed by atoms with Gasteiger partial charge in [0.15, 0.2) is 6.10 Å². The Morgan fingerprint density at radius 1 is 1.14 bits per heavy atom. The second-order valence-corrected chi connectivity index (χ2v) is 8.54. The van der Waals surface area contributed by atoms with Crippen LogP contribution in [0, 0.1) is 6.92 Å². The maximum atomic E-state index is 12.6. The van der Waals surface area contributed by atoms with Crippen molar-refractivity contribution in [3.05, 3.63) is 54.1 Å². The number of nitrogens with zero attached hydrogens (tertiary/aromatic N) is 1. The van der Waals surface area contributed by atoms with Crippen molar-refractivity contribution < 1.29 is 22.7 Å². The van der Waals surface area contributed by atoms with Crippen molar-refractivity contribution in [2.75, 3.05) is 31.6 Å². The van der Waals surface area contributed by atoms with E-state index in [0.29, 0.717) is 37.7 Å². The van der Waals surface area contributed by atoms with E-state index >= 15 is 0 Å². The van der Waals surface area contributed by atoms with Gasteiger partial charge in [-0.15, -0.1) is 0 Å². The highest BCUT2D eigenvalue weighted by Gasteiger charge is 2.26. The Kier molecular flexibility index (Phi) is 6.33. The van der Waals surface area contributed by atoms with E-state index < -0.39 is 16.1 Å². The molecule has 1 amide bonds. The summed E-state index contributed by atoms with van der Waals surface area (Å²) in [6, 6.07) is 13.6. The van der Waals surface area contributed by atoms with Crippen LogP contribution in [0.3, 0.4) is 0 Å². The number of carbonyl (C=O) groups excluding carboxylic acids is 1. The number of sulfonamides is 1. The normalized spacial score (nSPS) is 16.4. The Bertz CT molecular complexity index is 922. The first-order chi connectivity index (χ1) is 13.4. The largest absolute Gasteiger partial charge is 0.481 e. The lowest BCUT2D eigenvalue weighted by Gasteiger charge is -2.26. The van der Waals surface area contributed by atoms with Crippen LogP contribution in [-0.2, 0) is 19.6 Å². The standard InChI is InChI=1S/C20H24N2O5S/c1-15-4-3-5-17(14-15)21-20(23)16(2)27-18-6-8-19(9-7-18)28(24,25)22-10-12-26-13-11-22/h3-9,14,16H,10-13H2,1-2H3,(H,21,23)/t16-/m0/s1. The molecule has 3 rings (SSSR count). The fourth-order valence-corrected chi connectivity index (χ4v) is 4.26. The lowest BCUT2D eigenvalue weighted by molar-refractivity contribution is -0.122. The molecule has 1 N–H and O–H groups in total. The molecule has 0 aromatic heterocycles. The Hall–Kier alpha value is -2.42. The molecule has 2 aromatic rings. The van der Waals surface area contributed by atoms with Gasteiger partial charge in [-0.1, -0.05) is 12.1 Å². The van der Waals surface area contributed by atoms with Gasteiger partial charge in [0, 0.05) is 18.8 Å². The van der Waals surface area contributed by atoms with Crippen LogP contribution in [0.25, 0.3) is 0 Å². The maximum Gasteiger partial charge on any atom is 0.265 e. The zero-order chi connectivity index (χ0) is 20.1. The predicted octanol–water partition coefficient (Wildman–Crippen LogP) is 2.42. The molecule has 1 aliphatic rings. The minimum absolute atomic E-state index is 0.193. The Balaban J connectivity index is 1.62. The van der Waals surface area contributed by atoms with E-state index in [9.17, 15) is 13.2 Å². The van der Waals surface area contributed by atoms with Crippen molar-refractivity contribution in [3.8, 4) is 5.75 Å². The van der Waals surface area contributed by atoms with Crippen LogP contribution in [0.15, 0.2) is 53.4 Å². The van der Waals surface area contributed by atoms with Crippen molar-refractivity contribution in [1.82, 2.24) is 4.31 Å². The van der Waals surface area contributed by atoms with Crippen LogP contribution in [0.2, 0.25) is 0 Å². The maximum absolute atomic E-state index is 12.6. The molecule has 0 spiro atoms. The van der Waals surface area contributed by atoms with E-state index in [-0.39, 0.29) is 10.8 Å². The van der Waals surface area contributed by atoms with Gasteiger partial charge in [0.25, 0.3) is 5.91 Å². The van der Waals surface area contributed by atoms with Gasteiger partial charge in [-0.05, 0) is 55.8 Å². The molecule has 7 nitrogen and oxygen atoms in total. The highest BCUT2D eigenvalue weighted by atomic mass is 32.2. The SMILES string of the molecule is Cc1cccc(NC(=O)[C@H](C)Oc2ccc(S(=O)(=O)N3CCOCC3)cc2)c1. The number of morpholine rings is 1. The Labute approximate surface area is 165 Å². The number of nitrogens with one attached hydrogen (secondary N) is 1. The van der Waals surface area contributed by atoms with Crippen molar-refractivity contribution in [1.29, 1.82) is 0 Å². The van der Waals surface area contributed by atoms with E-state index in [1.165, 1.54) is 16.4 Å². The number of aryl methyl sites for hydroxylation is 1. The second-order valence-electron chi connectivity index (χ2n) is 6.61. The third-order valence-electron chi connectivity index (χ3n) is 4.40. The fourth-order valence-electron chi connectivity index (χ4n) is 2.85. The molecule has 0 saturated carbocycles. The summed E-state index contributed by atoms with van der Waals surface area (Å²) in [5.74, 6) is 0.142. The summed E-state index contributed by atoms with van der Waals surface area (Å²) in [4.78, 5) is 12.5. The zero-order valence-electron chi connectivity index (χ0n) is 15.9. The van der Waals surface area contributed by atoms with Crippen LogP contribution >= 0.6 is 0 Å². The number of hydrogen-bond donors (Lipinski definition) is 1. The van der Waals surface area contributed by atoms with Gasteiger partial charge in [-0.25, -0.2) is 8.42 Å². The number of benzene rings is 2. The van der Waals surface area contributed by atoms with Gasteiger partial charge in [0.1, 0.15) is 5.75 Å². The van der Waals surface area contributed by atoms with Crippen molar-refractivity contribution >= 4 is 21.6 Å². The molecule has 1 atom stereocenters. The summed E-state index contributed by atoms with van der Waals surface area (Å²) in [6.45, 7) is 5.07. The summed E-state index contributed by atoms with van der Waals surface area (Å²) in [7, 11) is -3.55. The number of anilines is 1. The molecule has 1 aliphatic heterocycles. The van der Waals surface area contributed by atoms with Crippen LogP contribution in [0.5, 0.6) is 5.75 Å². The number of ether oxygens (including phenoxy) is 2. The minimum Gasteiger partial charge on any atom is -0.481 e. The van der Waals surface area contributed by atoms with Gasteiger partial charge in [-0.3, -0.25) is 4.79 Å². The smallest absolute Gasteiger partial charge is 0.265 e. The number of hydrogen-bond acceptors (Lipinski definition) is 5. The number of amides is 1. The third-order valence-corrected chi connectivity index (χ3v) is 6.31. The lowest BCUT2D eigenvalue weighted by atomic mass is 10.2. The summed E-state index contributed by atoms with van der Waals surface area (Å²) >= 11 is 0. The van der Waals surface area contributed by atoms with Crippen LogP contribution in [0.1, 0.15) is 12.5 Å². The summed E-state index contributed by atoms with van der Waals surface area (Å²) in [6.07, 6.45) is -0.734. The topological polar surface area (TPSA) is 84.9 Å². The lowest BCUT2D eigenvalue weighted by Crippen LogP contribution is -2.40. The molecular formula is C20H24N2O5S. The van der Waals surface area contributed by atoms with E-state index in [1.54, 1.807) is 19.1 Å². The molecule has 0 radical (unpaired) electrons. The zero-order valence-corrected chi connectivity index (χ0v) is 16.7. The monoisotopic (exact) mass is 404 g/mol. The highest BCUT2D eigenvalue weighted by molar-refractivity contribution is 7.89. The predicted molar refractivity (Wildman–Crippen MR) is 106 cm³/mol. The molecule has 0 aliphatic carbocycles. The molecule has 2 aromatic carbocycles. The average molecular weight is 404 g/mol. The molecule has 1 fully saturated rings. The molecule has 8 heteroatoms. The Morgan fingerprint density at radius 2 is 1.82 bits per heavy atom. The van der Waals surface area contributed by atoms with Crippen LogP contribution in [-0.4, -0.2) is 51.0 Å². The average Bonchev–Trinajstić information content (AvgIpc) is 2.69. The molecule has 0 unspecified atom stereocenters. The molecule has 0 bridgehead atoms. The van der Waals surface area contributed by atoms with Crippen molar-refractivity contribution in [3.63, 3.8) is 0 Å². The van der Waals surface area contributed by atoms with Crippen LogP contribution < -0.4 is 10.1 Å². The number of rotatable bonds is 6. The first-order valence-electron chi connectivity index (χ1n) is 9.08. The fraction of sp³-hybridized carbons (Fsp3) is 0.350. The van der Waals surface area contributed by atoms with E-state index in [0.717, 1.165) is 5.56 Å². The van der Waals surface area contributed by atoms with Gasteiger partial charge in [0.05, 0.1) is 18.1 Å². The van der Waals surface area contributed by atoms with E-state index in [2.05, 4.69) is 5.32 Å². The summed E-state index contributed by atoms with van der Waals surface area (Å²) < 4.78 is 37.5. The van der Waals surface area contributed by atoms with Crippen LogP contribution in [0.4, 0.5) is 5.69 Å². The summed E-state index contributed by atoms with van der Waals surface area (Å²) in [5, 5.41) is 2.80. The van der Waals surface area contributed by atoms with Crippen molar-refractivity contribution in [2.24, 2.45) is 0 Å². The quantitative estimate of drug-likeness (QED) is 0.799. The molecule has 1 heterocycles. The molecule has 28 heavy (non-hydrogen) atoms. The van der Waals surface area contributed by atoms with Gasteiger partial charge in [-0.2, -0.15) is 4.31 Å². The van der Waals surface area contributed by atoms with Gasteiger partial charge >= 0.3 is 0 Å². The highest BCUT2D eigenvalue weighted by Crippen LogP contribution is 2.21. The number of carbonyl (C=O) groups is 1. The third kappa shape index (κ3) is 4.89. The second kappa shape index (κ2) is 8.72. The van der Waals surface area contributed by atoms with Gasteiger partial charge in [0.2, 0.25) is 10.0 Å². The van der Waals surface area contributed by atoms with Gasteiger partial charge < -0.3 is 14.8 Å². The first kappa shape index (κ1) is 20.3. The molecular weight excluding hydrogens is 380 g/mol. The van der Waals surface area contributed by atoms with E-state index in [1.807, 2.05) is 31.2 Å². The minimum atomic E-state index is -3.55. The molecule has 1 saturated heterocycles. The Morgan fingerprint density at radius 3 is 2.46 bits per heavy atom. The molecule has 150 valence electrons. The van der Waals surface area contributed by atoms with Crippen molar-refractivity contribution in [2.45, 2.75) is 24.8 Å². The van der Waals surface area contributed by atoms with E-state index in [4.69, 9.17) is 9.47 Å². The summed E-state index contributed by atoms with van der Waals surface area (Å²) in [5.41, 5.74) is 1.75. The first-order valence-corrected chi connectivity index (χ1v) is 10.5.